The number of terminal acetylenes is 1. The Morgan fingerprint density at radius 1 is 1.75 bits per heavy atom. The van der Waals surface area contributed by atoms with Gasteiger partial charge in [-0.2, -0.15) is 0 Å². The molecule has 0 N–H and O–H groups in total. The summed E-state index contributed by atoms with van der Waals surface area (Å²) in [5.74, 6) is 2.46. The Bertz CT molecular complexity index is 116. The summed E-state index contributed by atoms with van der Waals surface area (Å²) >= 11 is 5.71. The van der Waals surface area contributed by atoms with Crippen molar-refractivity contribution in [3.8, 4) is 12.3 Å². The molecule has 44 valence electrons. The first kappa shape index (κ1) is 5.94. The van der Waals surface area contributed by atoms with Crippen molar-refractivity contribution in [2.75, 3.05) is 6.61 Å². The summed E-state index contributed by atoms with van der Waals surface area (Å²) in [7, 11) is 0. The number of alkyl halides is 1. The number of hydrogen-bond donors (Lipinski definition) is 0. The van der Waals surface area contributed by atoms with E-state index >= 15 is 0 Å². The van der Waals surface area contributed by atoms with E-state index in [1.54, 1.807) is 0 Å². The van der Waals surface area contributed by atoms with E-state index in [4.69, 9.17) is 22.8 Å². The molecule has 0 aromatic carbocycles. The van der Waals surface area contributed by atoms with Crippen molar-refractivity contribution < 1.29 is 4.74 Å². The van der Waals surface area contributed by atoms with Crippen molar-refractivity contribution in [3.63, 3.8) is 0 Å². The molecule has 0 aromatic heterocycles. The Morgan fingerprint density at radius 2 is 2.50 bits per heavy atom. The van der Waals surface area contributed by atoms with Gasteiger partial charge in [-0.3, -0.25) is 0 Å². The van der Waals surface area contributed by atoms with Crippen LogP contribution in [0.25, 0.3) is 0 Å². The van der Waals surface area contributed by atoms with Crippen LogP contribution in [-0.4, -0.2) is 18.1 Å². The van der Waals surface area contributed by atoms with Crippen LogP contribution in [0.1, 0.15) is 6.42 Å². The standard InChI is InChI=1S/C6H7ClO/c1-2-6-5(7)3-4-8-6/h1,5-6H,3-4H2/t5-,6-/m0/s1. The van der Waals surface area contributed by atoms with E-state index < -0.39 is 0 Å². The average Bonchev–Trinajstić information content (AvgIpc) is 2.14. The van der Waals surface area contributed by atoms with Crippen LogP contribution in [0, 0.1) is 12.3 Å². The summed E-state index contributed by atoms with van der Waals surface area (Å²) in [6.07, 6.45) is 5.81. The fourth-order valence-corrected chi connectivity index (χ4v) is 0.950. The molecule has 0 radical (unpaired) electrons. The molecule has 0 aliphatic carbocycles. The Kier molecular flexibility index (Phi) is 1.77. The van der Waals surface area contributed by atoms with Gasteiger partial charge in [-0.15, -0.1) is 18.0 Å². The van der Waals surface area contributed by atoms with Crippen LogP contribution in [0.5, 0.6) is 0 Å². The number of ether oxygens (including phenoxy) is 1. The molecular weight excluding hydrogens is 124 g/mol. The van der Waals surface area contributed by atoms with Crippen molar-refractivity contribution in [3.05, 3.63) is 0 Å². The van der Waals surface area contributed by atoms with Crippen molar-refractivity contribution >= 4 is 11.6 Å². The van der Waals surface area contributed by atoms with Crippen LogP contribution in [-0.2, 0) is 4.74 Å². The third-order valence-electron chi connectivity index (χ3n) is 1.18. The van der Waals surface area contributed by atoms with Gasteiger partial charge in [0, 0.05) is 6.61 Å². The van der Waals surface area contributed by atoms with Crippen molar-refractivity contribution in [1.82, 2.24) is 0 Å². The van der Waals surface area contributed by atoms with Crippen molar-refractivity contribution in [2.45, 2.75) is 17.9 Å². The maximum Gasteiger partial charge on any atom is 0.134 e. The molecule has 1 nitrogen and oxygen atoms in total. The summed E-state index contributed by atoms with van der Waals surface area (Å²) in [6, 6.07) is 0. The average molecular weight is 131 g/mol. The smallest absolute Gasteiger partial charge is 0.134 e. The van der Waals surface area contributed by atoms with E-state index in [1.165, 1.54) is 0 Å². The molecule has 2 heteroatoms. The fraction of sp³-hybridized carbons (Fsp3) is 0.667. The third-order valence-corrected chi connectivity index (χ3v) is 1.63. The molecule has 1 saturated heterocycles. The molecule has 0 spiro atoms. The topological polar surface area (TPSA) is 9.23 Å². The van der Waals surface area contributed by atoms with Gasteiger partial charge in [0.2, 0.25) is 0 Å². The molecule has 1 rings (SSSR count). The molecule has 1 heterocycles. The van der Waals surface area contributed by atoms with Crippen molar-refractivity contribution in [1.29, 1.82) is 0 Å². The molecule has 1 fully saturated rings. The van der Waals surface area contributed by atoms with E-state index in [1.807, 2.05) is 0 Å². The van der Waals surface area contributed by atoms with Gasteiger partial charge in [0.1, 0.15) is 6.10 Å². The molecule has 8 heavy (non-hydrogen) atoms. The highest BCUT2D eigenvalue weighted by Gasteiger charge is 2.23. The van der Waals surface area contributed by atoms with Crippen LogP contribution in [0.2, 0.25) is 0 Å². The fourth-order valence-electron chi connectivity index (χ4n) is 0.716. The van der Waals surface area contributed by atoms with Gasteiger partial charge in [0.05, 0.1) is 5.38 Å². The Balaban J connectivity index is 2.45. The lowest BCUT2D eigenvalue weighted by Crippen LogP contribution is -2.11. The van der Waals surface area contributed by atoms with Crippen molar-refractivity contribution in [2.24, 2.45) is 0 Å². The first-order chi connectivity index (χ1) is 3.84. The second-order valence-corrected chi connectivity index (χ2v) is 2.32. The van der Waals surface area contributed by atoms with E-state index in [9.17, 15) is 0 Å². The van der Waals surface area contributed by atoms with Crippen LogP contribution >= 0.6 is 11.6 Å². The highest BCUT2D eigenvalue weighted by Crippen LogP contribution is 2.17. The number of hydrogen-bond acceptors (Lipinski definition) is 1. The summed E-state index contributed by atoms with van der Waals surface area (Å²) in [6.45, 7) is 0.711. The lowest BCUT2D eigenvalue weighted by Gasteiger charge is -2.01. The Morgan fingerprint density at radius 3 is 2.75 bits per heavy atom. The second kappa shape index (κ2) is 2.39. The Labute approximate surface area is 54.0 Å². The highest BCUT2D eigenvalue weighted by atomic mass is 35.5. The second-order valence-electron chi connectivity index (χ2n) is 1.76. The zero-order valence-electron chi connectivity index (χ0n) is 4.43. The quantitative estimate of drug-likeness (QED) is 0.351. The lowest BCUT2D eigenvalue weighted by molar-refractivity contribution is 0.153. The molecule has 0 unspecified atom stereocenters. The predicted octanol–water partition coefficient (Wildman–Crippen LogP) is 1.02. The lowest BCUT2D eigenvalue weighted by atomic mass is 10.2. The summed E-state index contributed by atoms with van der Waals surface area (Å²) in [5.41, 5.74) is 0. The maximum atomic E-state index is 5.71. The zero-order valence-corrected chi connectivity index (χ0v) is 5.19. The van der Waals surface area contributed by atoms with Gasteiger partial charge in [0.15, 0.2) is 0 Å². The highest BCUT2D eigenvalue weighted by molar-refractivity contribution is 6.21. The van der Waals surface area contributed by atoms with E-state index in [0.717, 1.165) is 6.42 Å². The molecule has 2 atom stereocenters. The Hall–Kier alpha value is -0.190. The minimum Gasteiger partial charge on any atom is -0.364 e. The number of halogens is 1. The minimum absolute atomic E-state index is 0.0417. The monoisotopic (exact) mass is 130 g/mol. The van der Waals surface area contributed by atoms with Gasteiger partial charge < -0.3 is 4.74 Å². The minimum atomic E-state index is -0.142. The van der Waals surface area contributed by atoms with Crippen LogP contribution < -0.4 is 0 Å². The largest absolute Gasteiger partial charge is 0.364 e. The molecule has 0 saturated carbocycles. The van der Waals surface area contributed by atoms with Gasteiger partial charge >= 0.3 is 0 Å². The maximum absolute atomic E-state index is 5.71. The molecule has 1 aliphatic rings. The normalized spacial score (nSPS) is 37.0. The first-order valence-corrected chi connectivity index (χ1v) is 3.00. The summed E-state index contributed by atoms with van der Waals surface area (Å²) < 4.78 is 5.05. The molecule has 0 aromatic rings. The van der Waals surface area contributed by atoms with E-state index in [-0.39, 0.29) is 11.5 Å². The third kappa shape index (κ3) is 0.964. The summed E-state index contributed by atoms with van der Waals surface area (Å²) in [4.78, 5) is 0. The number of rotatable bonds is 0. The van der Waals surface area contributed by atoms with Gasteiger partial charge in [-0.1, -0.05) is 5.92 Å². The van der Waals surface area contributed by atoms with E-state index in [0.29, 0.717) is 6.61 Å². The SMILES string of the molecule is C#C[C@@H]1OCC[C@@H]1Cl. The zero-order chi connectivity index (χ0) is 5.98. The molecule has 1 aliphatic heterocycles. The van der Waals surface area contributed by atoms with Crippen LogP contribution in [0.3, 0.4) is 0 Å². The first-order valence-electron chi connectivity index (χ1n) is 2.56. The van der Waals surface area contributed by atoms with Gasteiger partial charge in [-0.05, 0) is 6.42 Å². The van der Waals surface area contributed by atoms with Crippen LogP contribution in [0.15, 0.2) is 0 Å². The molecule has 0 bridgehead atoms. The predicted molar refractivity (Wildman–Crippen MR) is 32.8 cm³/mol. The van der Waals surface area contributed by atoms with E-state index in [2.05, 4.69) is 5.92 Å². The van der Waals surface area contributed by atoms with Crippen LogP contribution in [0.4, 0.5) is 0 Å². The molecular formula is C6H7ClO. The molecule has 0 amide bonds. The van der Waals surface area contributed by atoms with Gasteiger partial charge in [-0.25, -0.2) is 0 Å². The van der Waals surface area contributed by atoms with Gasteiger partial charge in [0.25, 0.3) is 0 Å². The summed E-state index contributed by atoms with van der Waals surface area (Å²) in [5, 5.41) is 0.0417.